The third-order valence-corrected chi connectivity index (χ3v) is 3.86. The van der Waals surface area contributed by atoms with Crippen LogP contribution < -0.4 is 5.32 Å². The molecule has 2 heteroatoms. The standard InChI is InChI=1S/C15H20N2/c1-2-11-12-7-3-4-8-13(12)17-15(11)14-9-5-6-10-16-14/h3-4,7-8,14,16-17H,2,5-6,9-10H2,1H3. The Bertz CT molecular complexity index is 507. The minimum atomic E-state index is 0.533. The lowest BCUT2D eigenvalue weighted by atomic mass is 9.97. The summed E-state index contributed by atoms with van der Waals surface area (Å²) in [6.07, 6.45) is 5.03. The van der Waals surface area contributed by atoms with E-state index in [4.69, 9.17) is 0 Å². The molecule has 0 saturated carbocycles. The Labute approximate surface area is 102 Å². The fourth-order valence-corrected chi connectivity index (χ4v) is 3.00. The highest BCUT2D eigenvalue weighted by Crippen LogP contribution is 2.30. The van der Waals surface area contributed by atoms with Gasteiger partial charge in [-0.25, -0.2) is 0 Å². The van der Waals surface area contributed by atoms with E-state index >= 15 is 0 Å². The monoisotopic (exact) mass is 228 g/mol. The Hall–Kier alpha value is -1.28. The van der Waals surface area contributed by atoms with Gasteiger partial charge in [-0.05, 0) is 37.4 Å². The molecule has 2 aromatic rings. The van der Waals surface area contributed by atoms with Crippen molar-refractivity contribution in [1.82, 2.24) is 10.3 Å². The Morgan fingerprint density at radius 3 is 2.88 bits per heavy atom. The minimum Gasteiger partial charge on any atom is -0.357 e. The molecular formula is C15H20N2. The summed E-state index contributed by atoms with van der Waals surface area (Å²) < 4.78 is 0. The maximum atomic E-state index is 3.64. The molecule has 1 saturated heterocycles. The van der Waals surface area contributed by atoms with Crippen LogP contribution in [0.3, 0.4) is 0 Å². The first kappa shape index (κ1) is 10.8. The summed E-state index contributed by atoms with van der Waals surface area (Å²) in [7, 11) is 0. The normalized spacial score (nSPS) is 20.9. The van der Waals surface area contributed by atoms with Gasteiger partial charge in [-0.15, -0.1) is 0 Å². The lowest BCUT2D eigenvalue weighted by Gasteiger charge is -2.23. The first-order chi connectivity index (χ1) is 8.40. The van der Waals surface area contributed by atoms with Gasteiger partial charge in [0.05, 0.1) is 0 Å². The average molecular weight is 228 g/mol. The number of fused-ring (bicyclic) bond motifs is 1. The summed E-state index contributed by atoms with van der Waals surface area (Å²) in [4.78, 5) is 3.62. The van der Waals surface area contributed by atoms with Crippen LogP contribution in [-0.4, -0.2) is 11.5 Å². The molecule has 0 spiro atoms. The van der Waals surface area contributed by atoms with Crippen LogP contribution in [0.2, 0.25) is 0 Å². The molecule has 0 amide bonds. The number of aromatic nitrogens is 1. The van der Waals surface area contributed by atoms with Crippen molar-refractivity contribution in [3.63, 3.8) is 0 Å². The lowest BCUT2D eigenvalue weighted by molar-refractivity contribution is 0.405. The van der Waals surface area contributed by atoms with Crippen LogP contribution in [0.1, 0.15) is 43.5 Å². The Kier molecular flexibility index (Phi) is 2.89. The van der Waals surface area contributed by atoms with Crippen molar-refractivity contribution in [3.05, 3.63) is 35.5 Å². The van der Waals surface area contributed by atoms with E-state index in [2.05, 4.69) is 41.5 Å². The molecule has 17 heavy (non-hydrogen) atoms. The number of aryl methyl sites for hydroxylation is 1. The van der Waals surface area contributed by atoms with Gasteiger partial charge in [-0.2, -0.15) is 0 Å². The fraction of sp³-hybridized carbons (Fsp3) is 0.467. The van der Waals surface area contributed by atoms with Crippen LogP contribution in [0.4, 0.5) is 0 Å². The van der Waals surface area contributed by atoms with Gasteiger partial charge in [0.1, 0.15) is 0 Å². The van der Waals surface area contributed by atoms with E-state index in [1.807, 2.05) is 0 Å². The molecule has 1 aliphatic rings. The van der Waals surface area contributed by atoms with Crippen molar-refractivity contribution in [2.45, 2.75) is 38.6 Å². The van der Waals surface area contributed by atoms with E-state index in [-0.39, 0.29) is 0 Å². The first-order valence-electron chi connectivity index (χ1n) is 6.73. The number of piperidine rings is 1. The molecule has 90 valence electrons. The number of hydrogen-bond donors (Lipinski definition) is 2. The number of para-hydroxylation sites is 1. The van der Waals surface area contributed by atoms with E-state index in [9.17, 15) is 0 Å². The quantitative estimate of drug-likeness (QED) is 0.808. The summed E-state index contributed by atoms with van der Waals surface area (Å²) in [5.41, 5.74) is 4.21. The molecule has 1 atom stereocenters. The van der Waals surface area contributed by atoms with E-state index in [0.29, 0.717) is 6.04 Å². The van der Waals surface area contributed by atoms with E-state index < -0.39 is 0 Å². The summed E-state index contributed by atoms with van der Waals surface area (Å²) in [6, 6.07) is 9.19. The molecule has 0 aliphatic carbocycles. The number of aromatic amines is 1. The van der Waals surface area contributed by atoms with Crippen molar-refractivity contribution < 1.29 is 0 Å². The molecule has 3 rings (SSSR count). The number of H-pyrrole nitrogens is 1. The van der Waals surface area contributed by atoms with Crippen molar-refractivity contribution in [2.75, 3.05) is 6.54 Å². The number of benzene rings is 1. The molecule has 1 fully saturated rings. The molecule has 2 N–H and O–H groups in total. The third kappa shape index (κ3) is 1.87. The van der Waals surface area contributed by atoms with Gasteiger partial charge >= 0.3 is 0 Å². The molecule has 1 aliphatic heterocycles. The highest BCUT2D eigenvalue weighted by molar-refractivity contribution is 5.84. The highest BCUT2D eigenvalue weighted by atomic mass is 15.0. The molecular weight excluding hydrogens is 208 g/mol. The van der Waals surface area contributed by atoms with E-state index in [1.54, 1.807) is 0 Å². The predicted octanol–water partition coefficient (Wildman–Crippen LogP) is 3.54. The summed E-state index contributed by atoms with van der Waals surface area (Å²) in [6.45, 7) is 3.41. The molecule has 1 aromatic carbocycles. The van der Waals surface area contributed by atoms with Crippen LogP contribution in [0.25, 0.3) is 10.9 Å². The molecule has 1 aromatic heterocycles. The average Bonchev–Trinajstić information content (AvgIpc) is 2.78. The lowest BCUT2D eigenvalue weighted by Crippen LogP contribution is -2.27. The largest absolute Gasteiger partial charge is 0.357 e. The highest BCUT2D eigenvalue weighted by Gasteiger charge is 2.20. The topological polar surface area (TPSA) is 27.8 Å². The van der Waals surface area contributed by atoms with E-state index in [1.165, 1.54) is 41.4 Å². The second-order valence-corrected chi connectivity index (χ2v) is 4.92. The van der Waals surface area contributed by atoms with Crippen molar-refractivity contribution >= 4 is 10.9 Å². The van der Waals surface area contributed by atoms with Gasteiger partial charge in [0.2, 0.25) is 0 Å². The Morgan fingerprint density at radius 1 is 1.24 bits per heavy atom. The van der Waals surface area contributed by atoms with E-state index in [0.717, 1.165) is 13.0 Å². The number of hydrogen-bond acceptors (Lipinski definition) is 1. The zero-order valence-electron chi connectivity index (χ0n) is 10.4. The molecule has 2 nitrogen and oxygen atoms in total. The third-order valence-electron chi connectivity index (χ3n) is 3.86. The van der Waals surface area contributed by atoms with Gasteiger partial charge in [0.15, 0.2) is 0 Å². The second kappa shape index (κ2) is 4.53. The van der Waals surface area contributed by atoms with Crippen LogP contribution >= 0.6 is 0 Å². The Balaban J connectivity index is 2.08. The fourth-order valence-electron chi connectivity index (χ4n) is 3.00. The molecule has 0 bridgehead atoms. The van der Waals surface area contributed by atoms with Gasteiger partial charge < -0.3 is 10.3 Å². The second-order valence-electron chi connectivity index (χ2n) is 4.92. The number of rotatable bonds is 2. The van der Waals surface area contributed by atoms with Crippen LogP contribution in [0.15, 0.2) is 24.3 Å². The summed E-state index contributed by atoms with van der Waals surface area (Å²) in [5, 5.41) is 5.04. The molecule has 0 radical (unpaired) electrons. The smallest absolute Gasteiger partial charge is 0.0476 e. The SMILES string of the molecule is CCc1c(C2CCCCN2)[nH]c2ccccc12. The van der Waals surface area contributed by atoms with Crippen LogP contribution in [0.5, 0.6) is 0 Å². The summed E-state index contributed by atoms with van der Waals surface area (Å²) >= 11 is 0. The van der Waals surface area contributed by atoms with Gasteiger partial charge in [-0.1, -0.05) is 31.5 Å². The van der Waals surface area contributed by atoms with Crippen LogP contribution in [0, 0.1) is 0 Å². The van der Waals surface area contributed by atoms with Crippen molar-refractivity contribution in [2.24, 2.45) is 0 Å². The number of nitrogens with one attached hydrogen (secondary N) is 2. The zero-order chi connectivity index (χ0) is 11.7. The zero-order valence-corrected chi connectivity index (χ0v) is 10.4. The Morgan fingerprint density at radius 2 is 2.12 bits per heavy atom. The minimum absolute atomic E-state index is 0.533. The maximum absolute atomic E-state index is 3.64. The van der Waals surface area contributed by atoms with Crippen LogP contribution in [-0.2, 0) is 6.42 Å². The first-order valence-corrected chi connectivity index (χ1v) is 6.73. The molecule has 1 unspecified atom stereocenters. The van der Waals surface area contributed by atoms with Gasteiger partial charge in [0.25, 0.3) is 0 Å². The van der Waals surface area contributed by atoms with Crippen molar-refractivity contribution in [3.8, 4) is 0 Å². The van der Waals surface area contributed by atoms with Crippen molar-refractivity contribution in [1.29, 1.82) is 0 Å². The predicted molar refractivity (Wildman–Crippen MR) is 72.3 cm³/mol. The van der Waals surface area contributed by atoms with Gasteiger partial charge in [-0.3, -0.25) is 0 Å². The molecule has 2 heterocycles. The maximum Gasteiger partial charge on any atom is 0.0476 e. The van der Waals surface area contributed by atoms with Gasteiger partial charge in [0, 0.05) is 22.6 Å². The summed E-state index contributed by atoms with van der Waals surface area (Å²) in [5.74, 6) is 0.